The summed E-state index contributed by atoms with van der Waals surface area (Å²) < 4.78 is -1.34. The second-order valence-corrected chi connectivity index (χ2v) is 5.10. The summed E-state index contributed by atoms with van der Waals surface area (Å²) in [6.07, 6.45) is 1.49. The zero-order valence-corrected chi connectivity index (χ0v) is 11.7. The van der Waals surface area contributed by atoms with Crippen molar-refractivity contribution in [2.24, 2.45) is 0 Å². The Labute approximate surface area is 126 Å². The van der Waals surface area contributed by atoms with Gasteiger partial charge in [0, 0.05) is 11.6 Å². The molecule has 0 aromatic heterocycles. The fourth-order valence-corrected chi connectivity index (χ4v) is 2.91. The molecular weight excluding hydrogens is 290 g/mol. The van der Waals surface area contributed by atoms with Crippen molar-refractivity contribution >= 4 is 17.7 Å². The van der Waals surface area contributed by atoms with Crippen molar-refractivity contribution in [3.63, 3.8) is 0 Å². The molecule has 1 saturated heterocycles. The molecule has 2 amide bonds. The van der Waals surface area contributed by atoms with E-state index in [0.717, 1.165) is 10.1 Å². The number of amides is 2. The van der Waals surface area contributed by atoms with Crippen molar-refractivity contribution in [3.05, 3.63) is 47.7 Å². The van der Waals surface area contributed by atoms with Gasteiger partial charge in [-0.2, -0.15) is 10.1 Å². The minimum absolute atomic E-state index is 0.0871. The molecule has 8 heteroatoms. The van der Waals surface area contributed by atoms with Gasteiger partial charge in [0.1, 0.15) is 12.6 Å². The highest BCUT2D eigenvalue weighted by Gasteiger charge is 2.55. The molecule has 2 unspecified atom stereocenters. The van der Waals surface area contributed by atoms with Gasteiger partial charge in [0.2, 0.25) is 6.54 Å². The maximum Gasteiger partial charge on any atom is 0.389 e. The molecule has 1 fully saturated rings. The van der Waals surface area contributed by atoms with Gasteiger partial charge in [0.25, 0.3) is 0 Å². The predicted molar refractivity (Wildman–Crippen MR) is 76.9 cm³/mol. The lowest BCUT2D eigenvalue weighted by molar-refractivity contribution is -0.140. The quantitative estimate of drug-likeness (QED) is 0.504. The van der Waals surface area contributed by atoms with Crippen LogP contribution in [-0.4, -0.2) is 46.9 Å². The van der Waals surface area contributed by atoms with E-state index in [0.29, 0.717) is 5.56 Å². The van der Waals surface area contributed by atoms with E-state index in [2.05, 4.69) is 6.58 Å². The van der Waals surface area contributed by atoms with Crippen LogP contribution in [0.5, 0.6) is 0 Å². The number of aliphatic carboxylic acids is 1. The van der Waals surface area contributed by atoms with Gasteiger partial charge in [0.15, 0.2) is 5.69 Å². The first-order valence-corrected chi connectivity index (χ1v) is 6.74. The number of benzene rings is 1. The Kier molecular flexibility index (Phi) is 3.36. The number of para-hydroxylation sites is 1. The standard InChI is InChI=1S/C14H15N3O5/c1-2-7-22-16-11-8-15(14(16)20)17(21,9-13(18)19)12-6-4-3-5-10(11)12/h2-6,11H,1,7-9H2,(H,18,19). The number of carbonyl (C=O) groups is 2. The minimum atomic E-state index is -1.34. The third-order valence-electron chi connectivity index (χ3n) is 3.78. The first-order valence-electron chi connectivity index (χ1n) is 6.74. The van der Waals surface area contributed by atoms with Gasteiger partial charge in [-0.15, -0.1) is 6.58 Å². The Hall–Kier alpha value is -2.42. The fraction of sp³-hybridized carbons (Fsp3) is 0.286. The highest BCUT2D eigenvalue weighted by Crippen LogP contribution is 2.45. The van der Waals surface area contributed by atoms with E-state index in [4.69, 9.17) is 9.94 Å². The molecule has 1 aromatic rings. The summed E-state index contributed by atoms with van der Waals surface area (Å²) in [5.74, 6) is -1.28. The lowest BCUT2D eigenvalue weighted by Gasteiger charge is -2.47. The predicted octanol–water partition coefficient (Wildman–Crippen LogP) is 1.40. The average Bonchev–Trinajstić information content (AvgIpc) is 2.78. The Balaban J connectivity index is 2.09. The molecule has 116 valence electrons. The summed E-state index contributed by atoms with van der Waals surface area (Å²) in [4.78, 5) is 28.9. The highest BCUT2D eigenvalue weighted by atomic mass is 16.7. The van der Waals surface area contributed by atoms with E-state index >= 15 is 0 Å². The molecule has 3 rings (SSSR count). The maximum atomic E-state index is 13.1. The molecule has 0 aliphatic carbocycles. The van der Waals surface area contributed by atoms with Crippen molar-refractivity contribution < 1.29 is 19.5 Å². The SMILES string of the molecule is C=CCON1C(=O)N2CC1c1ccccc1[N+]2([O-])CC(=O)O. The molecule has 0 spiro atoms. The van der Waals surface area contributed by atoms with E-state index in [-0.39, 0.29) is 18.8 Å². The van der Waals surface area contributed by atoms with Crippen molar-refractivity contribution in [2.75, 3.05) is 19.7 Å². The number of hydrogen-bond acceptors (Lipinski definition) is 4. The zero-order chi connectivity index (χ0) is 15.9. The summed E-state index contributed by atoms with van der Waals surface area (Å²) in [7, 11) is 0. The normalized spacial score (nSPS) is 26.0. The van der Waals surface area contributed by atoms with Gasteiger partial charge in [0.05, 0.1) is 6.61 Å². The van der Waals surface area contributed by atoms with Crippen molar-refractivity contribution in [1.82, 2.24) is 14.8 Å². The molecule has 2 aliphatic heterocycles. The monoisotopic (exact) mass is 305 g/mol. The second kappa shape index (κ2) is 5.09. The summed E-state index contributed by atoms with van der Waals surface area (Å²) in [6, 6.07) is 5.59. The number of urea groups is 1. The van der Waals surface area contributed by atoms with Crippen LogP contribution in [-0.2, 0) is 9.63 Å². The van der Waals surface area contributed by atoms with Crippen LogP contribution in [0.25, 0.3) is 0 Å². The number of carbonyl (C=O) groups excluding carboxylic acids is 1. The van der Waals surface area contributed by atoms with Crippen LogP contribution in [0.3, 0.4) is 0 Å². The molecule has 2 atom stereocenters. The van der Waals surface area contributed by atoms with Gasteiger partial charge < -0.3 is 10.3 Å². The number of hydrogen-bond donors (Lipinski definition) is 1. The summed E-state index contributed by atoms with van der Waals surface area (Å²) in [6.45, 7) is 2.97. The third-order valence-corrected chi connectivity index (χ3v) is 3.78. The van der Waals surface area contributed by atoms with E-state index in [1.54, 1.807) is 24.3 Å². The Morgan fingerprint density at radius 2 is 2.27 bits per heavy atom. The molecular formula is C14H15N3O5. The lowest BCUT2D eigenvalue weighted by Crippen LogP contribution is -2.62. The van der Waals surface area contributed by atoms with Gasteiger partial charge >= 0.3 is 12.0 Å². The highest BCUT2D eigenvalue weighted by molar-refractivity contribution is 5.83. The minimum Gasteiger partial charge on any atom is -0.600 e. The first kappa shape index (κ1) is 14.5. The molecule has 8 nitrogen and oxygen atoms in total. The first-order chi connectivity index (χ1) is 10.5. The molecule has 0 saturated carbocycles. The molecule has 2 aliphatic rings. The average molecular weight is 305 g/mol. The van der Waals surface area contributed by atoms with Gasteiger partial charge in [-0.25, -0.2) is 14.3 Å². The van der Waals surface area contributed by atoms with E-state index in [9.17, 15) is 14.8 Å². The molecule has 0 radical (unpaired) electrons. The largest absolute Gasteiger partial charge is 0.600 e. The summed E-state index contributed by atoms with van der Waals surface area (Å²) in [5, 5.41) is 24.3. The summed E-state index contributed by atoms with van der Waals surface area (Å²) in [5.41, 5.74) is 0.851. The summed E-state index contributed by atoms with van der Waals surface area (Å²) >= 11 is 0. The van der Waals surface area contributed by atoms with E-state index in [1.807, 2.05) is 0 Å². The zero-order valence-electron chi connectivity index (χ0n) is 11.7. The van der Waals surface area contributed by atoms with Crippen molar-refractivity contribution in [1.29, 1.82) is 0 Å². The molecule has 1 aromatic carbocycles. The number of hydroxylamine groups is 3. The molecule has 1 N–H and O–H groups in total. The topological polar surface area (TPSA) is 93.1 Å². The number of carboxylic acids is 1. The Bertz CT molecular complexity index is 649. The van der Waals surface area contributed by atoms with Crippen molar-refractivity contribution in [2.45, 2.75) is 6.04 Å². The van der Waals surface area contributed by atoms with Gasteiger partial charge in [-0.05, 0) is 0 Å². The van der Waals surface area contributed by atoms with Crippen LogP contribution in [0.15, 0.2) is 36.9 Å². The van der Waals surface area contributed by atoms with Crippen molar-refractivity contribution in [3.8, 4) is 0 Å². The van der Waals surface area contributed by atoms with E-state index in [1.165, 1.54) is 6.08 Å². The molecule has 2 heterocycles. The molecule has 22 heavy (non-hydrogen) atoms. The van der Waals surface area contributed by atoms with Crippen LogP contribution in [0, 0.1) is 5.21 Å². The van der Waals surface area contributed by atoms with Gasteiger partial charge in [-0.3, -0.25) is 4.84 Å². The number of carboxylic acid groups (broad SMARTS) is 1. The van der Waals surface area contributed by atoms with E-state index < -0.39 is 29.3 Å². The Morgan fingerprint density at radius 3 is 2.95 bits per heavy atom. The smallest absolute Gasteiger partial charge is 0.389 e. The fourth-order valence-electron chi connectivity index (χ4n) is 2.91. The van der Waals surface area contributed by atoms with Crippen LogP contribution in [0.1, 0.15) is 11.6 Å². The van der Waals surface area contributed by atoms with Crippen LogP contribution < -0.4 is 4.76 Å². The number of quaternary nitrogens is 1. The lowest BCUT2D eigenvalue weighted by atomic mass is 10.0. The van der Waals surface area contributed by atoms with Crippen LogP contribution in [0.2, 0.25) is 0 Å². The maximum absolute atomic E-state index is 13.1. The third kappa shape index (κ3) is 1.97. The Morgan fingerprint density at radius 1 is 1.55 bits per heavy atom. The number of nitrogens with zero attached hydrogens (tertiary/aromatic N) is 3. The second-order valence-electron chi connectivity index (χ2n) is 5.10. The van der Waals surface area contributed by atoms with Crippen LogP contribution >= 0.6 is 0 Å². The number of rotatable bonds is 5. The van der Waals surface area contributed by atoms with Gasteiger partial charge in [-0.1, -0.05) is 24.3 Å². The van der Waals surface area contributed by atoms with Crippen LogP contribution in [0.4, 0.5) is 10.5 Å². The number of fused-ring (bicyclic) bond motifs is 4. The molecule has 2 bridgehead atoms.